The maximum absolute atomic E-state index is 12.4. The fourth-order valence-corrected chi connectivity index (χ4v) is 3.38. The molecule has 1 amide bonds. The molecule has 1 saturated carbocycles. The zero-order valence-electron chi connectivity index (χ0n) is 13.6. The van der Waals surface area contributed by atoms with Gasteiger partial charge in [-0.1, -0.05) is 32.8 Å². The van der Waals surface area contributed by atoms with Gasteiger partial charge in [0.1, 0.15) is 0 Å². The van der Waals surface area contributed by atoms with Crippen LogP contribution in [0.1, 0.15) is 56.6 Å². The van der Waals surface area contributed by atoms with E-state index in [4.69, 9.17) is 0 Å². The van der Waals surface area contributed by atoms with Gasteiger partial charge >= 0.3 is 5.97 Å². The highest BCUT2D eigenvalue weighted by Gasteiger charge is 2.35. The fraction of sp³-hybridized carbons (Fsp3) is 0.556. The standard InChI is InChI=1S/C18H25NO3/c1-11(2)14-9-8-13(10-12(14)3)19-17(20)15-6-4-5-7-16(15)18(21)22/h8-11,15-16H,4-7H2,1-3H3,(H,19,20)(H,21,22). The van der Waals surface area contributed by atoms with E-state index in [9.17, 15) is 14.7 Å². The molecular formula is C18H25NO3. The molecule has 2 N–H and O–H groups in total. The number of benzene rings is 1. The van der Waals surface area contributed by atoms with Gasteiger partial charge in [0, 0.05) is 5.69 Å². The molecule has 0 radical (unpaired) electrons. The summed E-state index contributed by atoms with van der Waals surface area (Å²) in [6.45, 7) is 6.31. The van der Waals surface area contributed by atoms with Crippen molar-refractivity contribution in [2.45, 2.75) is 52.4 Å². The van der Waals surface area contributed by atoms with Gasteiger partial charge in [0.25, 0.3) is 0 Å². The maximum atomic E-state index is 12.4. The van der Waals surface area contributed by atoms with Crippen molar-refractivity contribution in [2.75, 3.05) is 5.32 Å². The smallest absolute Gasteiger partial charge is 0.307 e. The molecule has 0 spiro atoms. The van der Waals surface area contributed by atoms with E-state index in [0.29, 0.717) is 18.8 Å². The van der Waals surface area contributed by atoms with E-state index in [1.165, 1.54) is 5.56 Å². The Morgan fingerprint density at radius 1 is 1.18 bits per heavy atom. The normalized spacial score (nSPS) is 21.6. The van der Waals surface area contributed by atoms with Crippen LogP contribution in [0.5, 0.6) is 0 Å². The van der Waals surface area contributed by atoms with Crippen molar-refractivity contribution in [2.24, 2.45) is 11.8 Å². The molecule has 0 aromatic heterocycles. The number of aryl methyl sites for hydroxylation is 1. The number of anilines is 1. The van der Waals surface area contributed by atoms with E-state index < -0.39 is 17.8 Å². The second-order valence-electron chi connectivity index (χ2n) is 6.55. The molecule has 4 nitrogen and oxygen atoms in total. The molecule has 2 rings (SSSR count). The van der Waals surface area contributed by atoms with Crippen LogP contribution in [0.4, 0.5) is 5.69 Å². The minimum Gasteiger partial charge on any atom is -0.481 e. The molecular weight excluding hydrogens is 278 g/mol. The summed E-state index contributed by atoms with van der Waals surface area (Å²) in [4.78, 5) is 23.8. The Kier molecular flexibility index (Phi) is 5.22. The summed E-state index contributed by atoms with van der Waals surface area (Å²) < 4.78 is 0. The molecule has 0 saturated heterocycles. The van der Waals surface area contributed by atoms with Gasteiger partial charge in [-0.25, -0.2) is 0 Å². The Bertz CT molecular complexity index is 565. The average Bonchev–Trinajstić information content (AvgIpc) is 2.46. The Hall–Kier alpha value is -1.84. The highest BCUT2D eigenvalue weighted by Crippen LogP contribution is 2.31. The second kappa shape index (κ2) is 6.95. The molecule has 22 heavy (non-hydrogen) atoms. The van der Waals surface area contributed by atoms with Gasteiger partial charge < -0.3 is 10.4 Å². The van der Waals surface area contributed by atoms with Crippen molar-refractivity contribution in [1.82, 2.24) is 0 Å². The Balaban J connectivity index is 2.11. The van der Waals surface area contributed by atoms with Crippen molar-refractivity contribution >= 4 is 17.6 Å². The van der Waals surface area contributed by atoms with Crippen molar-refractivity contribution in [3.8, 4) is 0 Å². The summed E-state index contributed by atoms with van der Waals surface area (Å²) in [5.74, 6) is -1.55. The number of carbonyl (C=O) groups is 2. The Morgan fingerprint density at radius 2 is 1.82 bits per heavy atom. The fourth-order valence-electron chi connectivity index (χ4n) is 3.38. The van der Waals surface area contributed by atoms with Crippen LogP contribution in [0.2, 0.25) is 0 Å². The minimum absolute atomic E-state index is 0.163. The van der Waals surface area contributed by atoms with Gasteiger partial charge in [-0.3, -0.25) is 9.59 Å². The minimum atomic E-state index is -0.855. The third kappa shape index (κ3) is 3.67. The number of hydrogen-bond acceptors (Lipinski definition) is 2. The van der Waals surface area contributed by atoms with Gasteiger partial charge in [-0.2, -0.15) is 0 Å². The zero-order valence-corrected chi connectivity index (χ0v) is 13.6. The summed E-state index contributed by atoms with van der Waals surface area (Å²) in [6.07, 6.45) is 3.07. The summed E-state index contributed by atoms with van der Waals surface area (Å²) in [5, 5.41) is 12.2. The first kappa shape index (κ1) is 16.5. The maximum Gasteiger partial charge on any atom is 0.307 e. The molecule has 120 valence electrons. The lowest BCUT2D eigenvalue weighted by atomic mass is 9.78. The SMILES string of the molecule is Cc1cc(NC(=O)C2CCCCC2C(=O)O)ccc1C(C)C. The highest BCUT2D eigenvalue weighted by molar-refractivity contribution is 5.95. The third-order valence-corrected chi connectivity index (χ3v) is 4.58. The van der Waals surface area contributed by atoms with Crippen LogP contribution in [0, 0.1) is 18.8 Å². The lowest BCUT2D eigenvalue weighted by Crippen LogP contribution is -2.36. The quantitative estimate of drug-likeness (QED) is 0.885. The predicted molar refractivity (Wildman–Crippen MR) is 87.0 cm³/mol. The van der Waals surface area contributed by atoms with Gasteiger partial charge in [-0.15, -0.1) is 0 Å². The molecule has 1 aromatic rings. The van der Waals surface area contributed by atoms with Crippen LogP contribution in [-0.2, 0) is 9.59 Å². The number of carboxylic acids is 1. The zero-order chi connectivity index (χ0) is 16.3. The lowest BCUT2D eigenvalue weighted by molar-refractivity contribution is -0.147. The summed E-state index contributed by atoms with van der Waals surface area (Å²) in [7, 11) is 0. The molecule has 0 bridgehead atoms. The van der Waals surface area contributed by atoms with Crippen molar-refractivity contribution in [3.63, 3.8) is 0 Å². The highest BCUT2D eigenvalue weighted by atomic mass is 16.4. The topological polar surface area (TPSA) is 66.4 Å². The van der Waals surface area contributed by atoms with Gasteiger partial charge in [0.2, 0.25) is 5.91 Å². The van der Waals surface area contributed by atoms with Crippen molar-refractivity contribution in [3.05, 3.63) is 29.3 Å². The van der Waals surface area contributed by atoms with Crippen LogP contribution in [-0.4, -0.2) is 17.0 Å². The van der Waals surface area contributed by atoms with E-state index in [1.54, 1.807) is 0 Å². The molecule has 0 heterocycles. The molecule has 2 unspecified atom stereocenters. The van der Waals surface area contributed by atoms with Crippen molar-refractivity contribution < 1.29 is 14.7 Å². The lowest BCUT2D eigenvalue weighted by Gasteiger charge is -2.27. The second-order valence-corrected chi connectivity index (χ2v) is 6.55. The molecule has 1 fully saturated rings. The molecule has 2 atom stereocenters. The number of carboxylic acid groups (broad SMARTS) is 1. The molecule has 0 aliphatic heterocycles. The number of nitrogens with one attached hydrogen (secondary N) is 1. The van der Waals surface area contributed by atoms with E-state index in [1.807, 2.05) is 25.1 Å². The van der Waals surface area contributed by atoms with Gasteiger partial charge in [-0.05, 0) is 48.9 Å². The number of amides is 1. The van der Waals surface area contributed by atoms with E-state index in [-0.39, 0.29) is 5.91 Å². The largest absolute Gasteiger partial charge is 0.481 e. The number of aliphatic carboxylic acids is 1. The van der Waals surface area contributed by atoms with Crippen LogP contribution in [0.3, 0.4) is 0 Å². The summed E-state index contributed by atoms with van der Waals surface area (Å²) >= 11 is 0. The molecule has 1 aliphatic carbocycles. The van der Waals surface area contributed by atoms with E-state index in [0.717, 1.165) is 24.1 Å². The van der Waals surface area contributed by atoms with Crippen molar-refractivity contribution in [1.29, 1.82) is 0 Å². The number of rotatable bonds is 4. The van der Waals surface area contributed by atoms with Crippen LogP contribution in [0.15, 0.2) is 18.2 Å². The molecule has 4 heteroatoms. The first-order valence-corrected chi connectivity index (χ1v) is 8.04. The molecule has 1 aliphatic rings. The summed E-state index contributed by atoms with van der Waals surface area (Å²) in [6, 6.07) is 5.90. The number of hydrogen-bond donors (Lipinski definition) is 2. The van der Waals surface area contributed by atoms with E-state index in [2.05, 4.69) is 19.2 Å². The average molecular weight is 303 g/mol. The monoisotopic (exact) mass is 303 g/mol. The van der Waals surface area contributed by atoms with E-state index >= 15 is 0 Å². The van der Waals surface area contributed by atoms with Crippen LogP contribution >= 0.6 is 0 Å². The first-order chi connectivity index (χ1) is 10.4. The Labute approximate surface area is 131 Å². The third-order valence-electron chi connectivity index (χ3n) is 4.58. The number of carbonyl (C=O) groups excluding carboxylic acids is 1. The first-order valence-electron chi connectivity index (χ1n) is 8.04. The van der Waals surface area contributed by atoms with Crippen LogP contribution < -0.4 is 5.32 Å². The summed E-state index contributed by atoms with van der Waals surface area (Å²) in [5.41, 5.74) is 3.16. The van der Waals surface area contributed by atoms with Gasteiger partial charge in [0.15, 0.2) is 0 Å². The Morgan fingerprint density at radius 3 is 2.36 bits per heavy atom. The predicted octanol–water partition coefficient (Wildman–Crippen LogP) is 3.95. The van der Waals surface area contributed by atoms with Gasteiger partial charge in [0.05, 0.1) is 11.8 Å². The molecule has 1 aromatic carbocycles. The van der Waals surface area contributed by atoms with Crippen LogP contribution in [0.25, 0.3) is 0 Å².